The summed E-state index contributed by atoms with van der Waals surface area (Å²) >= 11 is 0. The van der Waals surface area contributed by atoms with Gasteiger partial charge in [0.25, 0.3) is 0 Å². The molecular weight excluding hydrogens is 535 g/mol. The van der Waals surface area contributed by atoms with E-state index in [4.69, 9.17) is 0 Å². The topological polar surface area (TPSA) is 21.6 Å². The molecule has 1 aliphatic heterocycles. The fourth-order valence-corrected chi connectivity index (χ4v) is 5.49. The molecule has 2 aliphatic rings. The van der Waals surface area contributed by atoms with Crippen LogP contribution >= 0.6 is 0 Å². The molecule has 1 fully saturated rings. The number of halogens is 7. The lowest BCUT2D eigenvalue weighted by atomic mass is 9.88. The number of nitrogens with zero attached hydrogens (tertiary/aromatic N) is 1. The van der Waals surface area contributed by atoms with Crippen LogP contribution in [0.3, 0.4) is 0 Å². The highest BCUT2D eigenvalue weighted by Crippen LogP contribution is 2.49. The highest BCUT2D eigenvalue weighted by molar-refractivity contribution is 5.72. The van der Waals surface area contributed by atoms with E-state index in [9.17, 15) is 22.0 Å². The van der Waals surface area contributed by atoms with Crippen molar-refractivity contribution in [2.75, 3.05) is 0 Å². The maximum absolute atomic E-state index is 15.1. The number of ether oxygens (including phenoxy) is 1. The van der Waals surface area contributed by atoms with Gasteiger partial charge in [0.1, 0.15) is 17.4 Å². The Labute approximate surface area is 224 Å². The molecule has 204 valence electrons. The van der Waals surface area contributed by atoms with Gasteiger partial charge in [-0.25, -0.2) is 22.0 Å². The highest BCUT2D eigenvalue weighted by Gasteiger charge is 2.44. The minimum absolute atomic E-state index is 0.0930. The van der Waals surface area contributed by atoms with E-state index in [1.165, 1.54) is 36.4 Å². The number of fused-ring (bicyclic) bond motifs is 2. The van der Waals surface area contributed by atoms with Crippen molar-refractivity contribution >= 4 is 6.21 Å². The summed E-state index contributed by atoms with van der Waals surface area (Å²) in [5.41, 5.74) is 0.638. The summed E-state index contributed by atoms with van der Waals surface area (Å²) < 4.78 is 104. The van der Waals surface area contributed by atoms with E-state index in [0.29, 0.717) is 23.6 Å². The Morgan fingerprint density at radius 2 is 1.35 bits per heavy atom. The first-order chi connectivity index (χ1) is 19.0. The summed E-state index contributed by atoms with van der Waals surface area (Å²) in [4.78, 5) is 4.61. The summed E-state index contributed by atoms with van der Waals surface area (Å²) in [6, 6.07) is 14.0. The lowest BCUT2D eigenvalue weighted by Crippen LogP contribution is -2.22. The maximum Gasteiger partial charge on any atom is 0.426 e. The van der Waals surface area contributed by atoms with Crippen molar-refractivity contribution in [1.82, 2.24) is 0 Å². The Kier molecular flexibility index (Phi) is 6.20. The zero-order valence-corrected chi connectivity index (χ0v) is 20.7. The van der Waals surface area contributed by atoms with Gasteiger partial charge < -0.3 is 4.74 Å². The van der Waals surface area contributed by atoms with Gasteiger partial charge in [-0.15, -0.1) is 0 Å². The van der Waals surface area contributed by atoms with Gasteiger partial charge in [0.05, 0.1) is 11.1 Å². The van der Waals surface area contributed by atoms with Crippen LogP contribution in [0.15, 0.2) is 77.8 Å². The molecule has 1 aliphatic carbocycles. The first-order valence-corrected chi connectivity index (χ1v) is 12.5. The van der Waals surface area contributed by atoms with E-state index in [1.807, 2.05) is 12.3 Å². The number of hydrogen-bond donors (Lipinski definition) is 0. The predicted octanol–water partition coefficient (Wildman–Crippen LogP) is 8.92. The fraction of sp³-hybridized carbons (Fsp3) is 0.194. The molecule has 2 atom stereocenters. The molecule has 0 spiro atoms. The molecule has 0 aromatic heterocycles. The Morgan fingerprint density at radius 1 is 0.725 bits per heavy atom. The summed E-state index contributed by atoms with van der Waals surface area (Å²) in [5, 5.41) is 0. The van der Waals surface area contributed by atoms with Gasteiger partial charge in [0.2, 0.25) is 0 Å². The second kappa shape index (κ2) is 9.50. The van der Waals surface area contributed by atoms with Gasteiger partial charge >= 0.3 is 6.11 Å². The molecule has 6 rings (SSSR count). The van der Waals surface area contributed by atoms with Crippen LogP contribution < -0.4 is 4.74 Å². The fourth-order valence-electron chi connectivity index (χ4n) is 5.49. The predicted molar refractivity (Wildman–Crippen MR) is 136 cm³/mol. The third kappa shape index (κ3) is 4.53. The second-order valence-electron chi connectivity index (χ2n) is 10.1. The number of benzene rings is 4. The summed E-state index contributed by atoms with van der Waals surface area (Å²) in [7, 11) is 0. The van der Waals surface area contributed by atoms with Gasteiger partial charge in [-0.05, 0) is 66.1 Å². The number of aliphatic imine (C=N–C) groups is 1. The molecule has 2 nitrogen and oxygen atoms in total. The lowest BCUT2D eigenvalue weighted by Gasteiger charge is -2.23. The summed E-state index contributed by atoms with van der Waals surface area (Å²) in [6.07, 6.45) is 0.688. The van der Waals surface area contributed by atoms with Crippen LogP contribution in [-0.2, 0) is 11.6 Å². The molecule has 1 saturated carbocycles. The minimum atomic E-state index is -4.02. The van der Waals surface area contributed by atoms with Crippen LogP contribution in [0.25, 0.3) is 22.3 Å². The van der Waals surface area contributed by atoms with Crippen molar-refractivity contribution < 1.29 is 35.5 Å². The molecule has 40 heavy (non-hydrogen) atoms. The standard InChI is InChI=1S/C31H20F7NO/c32-25-11-19(24-8-6-21(12-26(24)33)30-10-9-17(15-30)16-39-30)3-7-23(25)18-1-4-20(5-2-18)31(37,38)40-22-13-27(34)29(36)28(35)14-22/h1-8,11-14,16-17H,9-10,15H2/t17?,30-/m0/s1. The van der Waals surface area contributed by atoms with Crippen molar-refractivity contribution in [2.24, 2.45) is 10.9 Å². The first kappa shape index (κ1) is 26.1. The molecule has 2 bridgehead atoms. The van der Waals surface area contributed by atoms with Gasteiger partial charge in [0.15, 0.2) is 17.5 Å². The molecule has 0 saturated heterocycles. The number of rotatable bonds is 6. The quantitative estimate of drug-likeness (QED) is 0.172. The third-order valence-electron chi connectivity index (χ3n) is 7.58. The van der Waals surface area contributed by atoms with Crippen molar-refractivity contribution in [3.05, 3.63) is 113 Å². The van der Waals surface area contributed by atoms with E-state index in [1.54, 1.807) is 6.07 Å². The van der Waals surface area contributed by atoms with Crippen molar-refractivity contribution in [3.8, 4) is 28.0 Å². The van der Waals surface area contributed by atoms with Crippen molar-refractivity contribution in [2.45, 2.75) is 30.9 Å². The van der Waals surface area contributed by atoms with Gasteiger partial charge in [-0.3, -0.25) is 4.99 Å². The zero-order valence-electron chi connectivity index (χ0n) is 20.7. The SMILES string of the molecule is Fc1cc(-c2ccc([C@@]34CCC(C=N3)C4)cc2F)ccc1-c1ccc(C(F)(F)Oc2cc(F)c(F)c(F)c2)cc1. The minimum Gasteiger partial charge on any atom is -0.429 e. The average molecular weight is 555 g/mol. The Bertz CT molecular complexity index is 1630. The summed E-state index contributed by atoms with van der Waals surface area (Å²) in [5.74, 6) is -6.81. The maximum atomic E-state index is 15.1. The Balaban J connectivity index is 1.22. The Hall–Kier alpha value is -4.14. The molecule has 0 radical (unpaired) electrons. The molecule has 0 amide bonds. The van der Waals surface area contributed by atoms with Crippen molar-refractivity contribution in [3.63, 3.8) is 0 Å². The normalized spacial score (nSPS) is 19.8. The van der Waals surface area contributed by atoms with E-state index >= 15 is 8.78 Å². The lowest BCUT2D eigenvalue weighted by molar-refractivity contribution is -0.185. The third-order valence-corrected chi connectivity index (χ3v) is 7.58. The van der Waals surface area contributed by atoms with Crippen LogP contribution in [0, 0.1) is 35.0 Å². The first-order valence-electron chi connectivity index (χ1n) is 12.5. The van der Waals surface area contributed by atoms with Crippen LogP contribution in [0.5, 0.6) is 5.75 Å². The molecule has 9 heteroatoms. The molecular formula is C31H20F7NO. The largest absolute Gasteiger partial charge is 0.429 e. The van der Waals surface area contributed by atoms with E-state index in [-0.39, 0.29) is 22.2 Å². The highest BCUT2D eigenvalue weighted by atomic mass is 19.3. The number of alkyl halides is 2. The average Bonchev–Trinajstić information content (AvgIpc) is 3.54. The van der Waals surface area contributed by atoms with E-state index in [2.05, 4.69) is 9.73 Å². The molecule has 0 N–H and O–H groups in total. The van der Waals surface area contributed by atoms with Gasteiger partial charge in [-0.1, -0.05) is 36.4 Å². The molecule has 1 heterocycles. The van der Waals surface area contributed by atoms with E-state index < -0.39 is 46.5 Å². The van der Waals surface area contributed by atoms with Crippen LogP contribution in [0.4, 0.5) is 30.7 Å². The monoisotopic (exact) mass is 555 g/mol. The Morgan fingerprint density at radius 3 is 1.93 bits per heavy atom. The second-order valence-corrected chi connectivity index (χ2v) is 10.1. The van der Waals surface area contributed by atoms with E-state index in [0.717, 1.165) is 37.0 Å². The molecule has 4 aromatic carbocycles. The van der Waals surface area contributed by atoms with Crippen molar-refractivity contribution in [1.29, 1.82) is 0 Å². The van der Waals surface area contributed by atoms with Crippen LogP contribution in [0.1, 0.15) is 30.4 Å². The van der Waals surface area contributed by atoms with Crippen LogP contribution in [-0.4, -0.2) is 6.21 Å². The van der Waals surface area contributed by atoms with Gasteiger partial charge in [0, 0.05) is 29.5 Å². The van der Waals surface area contributed by atoms with Crippen LogP contribution in [0.2, 0.25) is 0 Å². The molecule has 1 unspecified atom stereocenters. The number of hydrogen-bond acceptors (Lipinski definition) is 2. The summed E-state index contributed by atoms with van der Waals surface area (Å²) in [6.45, 7) is 0. The molecule has 4 aromatic rings. The smallest absolute Gasteiger partial charge is 0.426 e. The zero-order chi connectivity index (χ0) is 28.2. The van der Waals surface area contributed by atoms with Gasteiger partial charge in [-0.2, -0.15) is 8.78 Å².